The second-order valence-corrected chi connectivity index (χ2v) is 7.02. The molecule has 1 N–H and O–H groups in total. The van der Waals surface area contributed by atoms with E-state index in [-0.39, 0.29) is 0 Å². The van der Waals surface area contributed by atoms with Crippen LogP contribution in [0.5, 0.6) is 0 Å². The minimum Gasteiger partial charge on any atom is -0.360 e. The van der Waals surface area contributed by atoms with Gasteiger partial charge < -0.3 is 5.32 Å². The summed E-state index contributed by atoms with van der Waals surface area (Å²) in [6.45, 7) is 19.3. The molecule has 0 fully saturated rings. The zero-order valence-electron chi connectivity index (χ0n) is 15.6. The van der Waals surface area contributed by atoms with Crippen LogP contribution in [0.15, 0.2) is 42.6 Å². The van der Waals surface area contributed by atoms with E-state index in [1.54, 1.807) is 0 Å². The van der Waals surface area contributed by atoms with Crippen molar-refractivity contribution in [2.24, 2.45) is 0 Å². The molecule has 0 saturated carbocycles. The molecule has 0 saturated heterocycles. The van der Waals surface area contributed by atoms with Crippen molar-refractivity contribution in [3.63, 3.8) is 0 Å². The number of rotatable bonds is 5. The molecule has 0 unspecified atom stereocenters. The fourth-order valence-corrected chi connectivity index (χ4v) is 3.77. The second-order valence-electron chi connectivity index (χ2n) is 7.02. The van der Waals surface area contributed by atoms with Crippen molar-refractivity contribution < 1.29 is 0 Å². The molecule has 3 aromatic carbocycles. The van der Waals surface area contributed by atoms with E-state index in [4.69, 9.17) is 0 Å². The highest BCUT2D eigenvalue weighted by Gasteiger charge is 2.11. The van der Waals surface area contributed by atoms with Crippen LogP contribution in [0.25, 0.3) is 34.7 Å². The van der Waals surface area contributed by atoms with Gasteiger partial charge in [-0.15, -0.1) is 0 Å². The summed E-state index contributed by atoms with van der Waals surface area (Å²) in [5.41, 5.74) is 4.64. The third kappa shape index (κ3) is 3.07. The summed E-state index contributed by atoms with van der Waals surface area (Å²) in [6, 6.07) is 10.9. The zero-order chi connectivity index (χ0) is 18.1. The van der Waals surface area contributed by atoms with Crippen LogP contribution >= 0.6 is 0 Å². The first-order chi connectivity index (χ1) is 11.9. The standard InChI is InChI=1S/C24H27N/c1-7-8-11-19-13-20(25-15(2)3)14-22-17(5)21-12-9-10-16(4)23(21)18(6)24(19)22/h9-10,12-14,25H,2,5-8,11H2,1,3-4H3. The highest BCUT2D eigenvalue weighted by atomic mass is 14.9. The maximum Gasteiger partial charge on any atom is 0.0390 e. The molecule has 0 amide bonds. The van der Waals surface area contributed by atoms with E-state index in [9.17, 15) is 0 Å². The van der Waals surface area contributed by atoms with Crippen molar-refractivity contribution >= 4 is 40.4 Å². The van der Waals surface area contributed by atoms with Gasteiger partial charge in [0, 0.05) is 11.4 Å². The number of allylic oxidation sites excluding steroid dienone is 1. The van der Waals surface area contributed by atoms with Crippen molar-refractivity contribution in [1.82, 2.24) is 0 Å². The molecular weight excluding hydrogens is 302 g/mol. The second kappa shape index (κ2) is 6.76. The number of benzene rings is 3. The molecule has 25 heavy (non-hydrogen) atoms. The minimum atomic E-state index is 0.942. The molecule has 3 rings (SSSR count). The predicted molar refractivity (Wildman–Crippen MR) is 114 cm³/mol. The average Bonchev–Trinajstić information content (AvgIpc) is 2.56. The summed E-state index contributed by atoms with van der Waals surface area (Å²) in [5.74, 6) is 0. The van der Waals surface area contributed by atoms with Gasteiger partial charge in [0.1, 0.15) is 0 Å². The summed E-state index contributed by atoms with van der Waals surface area (Å²) >= 11 is 0. The predicted octanol–water partition coefficient (Wildman–Crippen LogP) is 5.41. The molecule has 0 aliphatic heterocycles. The fraction of sp³-hybridized carbons (Fsp3) is 0.250. The topological polar surface area (TPSA) is 12.0 Å². The van der Waals surface area contributed by atoms with Gasteiger partial charge in [0.15, 0.2) is 0 Å². The lowest BCUT2D eigenvalue weighted by atomic mass is 9.91. The van der Waals surface area contributed by atoms with E-state index in [1.807, 2.05) is 6.92 Å². The lowest BCUT2D eigenvalue weighted by Crippen LogP contribution is -2.16. The molecule has 1 heteroatoms. The summed E-state index contributed by atoms with van der Waals surface area (Å²) in [7, 11) is 0. The Morgan fingerprint density at radius 2 is 1.80 bits per heavy atom. The first-order valence-electron chi connectivity index (χ1n) is 9.02. The smallest absolute Gasteiger partial charge is 0.0390 e. The van der Waals surface area contributed by atoms with E-state index < -0.39 is 0 Å². The first-order valence-corrected chi connectivity index (χ1v) is 9.02. The highest BCUT2D eigenvalue weighted by molar-refractivity contribution is 6.03. The molecule has 0 aliphatic rings. The third-order valence-corrected chi connectivity index (χ3v) is 4.90. The first kappa shape index (κ1) is 17.3. The van der Waals surface area contributed by atoms with Gasteiger partial charge in [0.2, 0.25) is 0 Å². The molecule has 0 bridgehead atoms. The zero-order valence-corrected chi connectivity index (χ0v) is 15.6. The summed E-state index contributed by atoms with van der Waals surface area (Å²) in [6.07, 6.45) is 3.40. The van der Waals surface area contributed by atoms with Gasteiger partial charge in [-0.1, -0.05) is 51.3 Å². The molecule has 0 radical (unpaired) electrons. The molecule has 0 aromatic heterocycles. The van der Waals surface area contributed by atoms with Crippen LogP contribution in [0, 0.1) is 6.92 Å². The average molecular weight is 329 g/mol. The van der Waals surface area contributed by atoms with Crippen molar-refractivity contribution in [1.29, 1.82) is 0 Å². The van der Waals surface area contributed by atoms with Crippen LogP contribution in [0.1, 0.15) is 37.8 Å². The molecule has 0 spiro atoms. The Balaban J connectivity index is 2.47. The Labute approximate surface area is 150 Å². The van der Waals surface area contributed by atoms with E-state index in [0.717, 1.165) is 28.2 Å². The lowest BCUT2D eigenvalue weighted by Gasteiger charge is -2.15. The number of hydrogen-bond acceptors (Lipinski definition) is 1. The molecule has 128 valence electrons. The van der Waals surface area contributed by atoms with E-state index in [0.29, 0.717) is 0 Å². The summed E-state index contributed by atoms with van der Waals surface area (Å²) in [5, 5.41) is 10.5. The molecule has 1 nitrogen and oxygen atoms in total. The summed E-state index contributed by atoms with van der Waals surface area (Å²) in [4.78, 5) is 0. The molecule has 0 atom stereocenters. The molecule has 0 heterocycles. The number of hydrogen-bond donors (Lipinski definition) is 1. The van der Waals surface area contributed by atoms with Crippen LogP contribution in [0.2, 0.25) is 0 Å². The van der Waals surface area contributed by atoms with Crippen LogP contribution in [-0.4, -0.2) is 0 Å². The quantitative estimate of drug-likeness (QED) is 0.617. The third-order valence-electron chi connectivity index (χ3n) is 4.90. The molecule has 3 aromatic rings. The van der Waals surface area contributed by atoms with E-state index >= 15 is 0 Å². The largest absolute Gasteiger partial charge is 0.360 e. The van der Waals surface area contributed by atoms with Crippen molar-refractivity contribution in [2.45, 2.75) is 40.0 Å². The number of nitrogens with one attached hydrogen (secondary N) is 1. The highest BCUT2D eigenvalue weighted by Crippen LogP contribution is 2.25. The SMILES string of the molecule is C=C(C)Nc1cc(CCCC)c2c(=C)c3c(C)cccc3c(=C)c2c1. The summed E-state index contributed by atoms with van der Waals surface area (Å²) < 4.78 is 0. The van der Waals surface area contributed by atoms with Crippen LogP contribution in [-0.2, 0) is 6.42 Å². The molecule has 0 aliphatic carbocycles. The van der Waals surface area contributed by atoms with Gasteiger partial charge in [0.25, 0.3) is 0 Å². The monoisotopic (exact) mass is 329 g/mol. The van der Waals surface area contributed by atoms with Crippen molar-refractivity contribution in [2.75, 3.05) is 5.32 Å². The Kier molecular flexibility index (Phi) is 4.67. The Bertz CT molecular complexity index is 1070. The van der Waals surface area contributed by atoms with Crippen molar-refractivity contribution in [3.8, 4) is 0 Å². The Hall–Kier alpha value is -2.54. The number of unbranched alkanes of at least 4 members (excludes halogenated alkanes) is 1. The fourth-order valence-electron chi connectivity index (χ4n) is 3.77. The number of aryl methyl sites for hydroxylation is 2. The van der Waals surface area contributed by atoms with Gasteiger partial charge in [-0.3, -0.25) is 0 Å². The van der Waals surface area contributed by atoms with Crippen molar-refractivity contribution in [3.05, 3.63) is 64.2 Å². The van der Waals surface area contributed by atoms with E-state index in [2.05, 4.69) is 69.2 Å². The Morgan fingerprint density at radius 3 is 2.48 bits per heavy atom. The van der Waals surface area contributed by atoms with Gasteiger partial charge in [0.05, 0.1) is 0 Å². The molecular formula is C24H27N. The minimum absolute atomic E-state index is 0.942. The maximum atomic E-state index is 4.47. The maximum absolute atomic E-state index is 4.47. The van der Waals surface area contributed by atoms with Gasteiger partial charge in [-0.25, -0.2) is 0 Å². The van der Waals surface area contributed by atoms with Crippen LogP contribution in [0.3, 0.4) is 0 Å². The van der Waals surface area contributed by atoms with Gasteiger partial charge in [-0.05, 0) is 81.9 Å². The Morgan fingerprint density at radius 1 is 1.04 bits per heavy atom. The van der Waals surface area contributed by atoms with Gasteiger partial charge in [-0.2, -0.15) is 0 Å². The lowest BCUT2D eigenvalue weighted by molar-refractivity contribution is 0.799. The normalized spacial score (nSPS) is 11.2. The van der Waals surface area contributed by atoms with Gasteiger partial charge >= 0.3 is 0 Å². The number of fused-ring (bicyclic) bond motifs is 2. The number of anilines is 1. The van der Waals surface area contributed by atoms with Crippen LogP contribution < -0.4 is 15.8 Å². The van der Waals surface area contributed by atoms with E-state index in [1.165, 1.54) is 45.5 Å². The van der Waals surface area contributed by atoms with Crippen LogP contribution in [0.4, 0.5) is 5.69 Å².